The van der Waals surface area contributed by atoms with Crippen molar-refractivity contribution < 1.29 is 14.6 Å². The van der Waals surface area contributed by atoms with Crippen molar-refractivity contribution in [1.29, 1.82) is 0 Å². The molecule has 0 saturated carbocycles. The van der Waals surface area contributed by atoms with Gasteiger partial charge in [-0.3, -0.25) is 4.79 Å². The van der Waals surface area contributed by atoms with E-state index >= 15 is 0 Å². The van der Waals surface area contributed by atoms with Gasteiger partial charge in [-0.25, -0.2) is 0 Å². The zero-order valence-corrected chi connectivity index (χ0v) is 8.66. The summed E-state index contributed by atoms with van der Waals surface area (Å²) in [6.07, 6.45) is 1.11. The highest BCUT2D eigenvalue weighted by Crippen LogP contribution is 1.86. The molecule has 0 aromatic carbocycles. The van der Waals surface area contributed by atoms with Crippen LogP contribution >= 0.6 is 0 Å². The Morgan fingerprint density at radius 2 is 2.29 bits per heavy atom. The summed E-state index contributed by atoms with van der Waals surface area (Å²) in [4.78, 5) is 11.1. The summed E-state index contributed by atoms with van der Waals surface area (Å²) in [6.45, 7) is 3.34. The first kappa shape index (κ1) is 13.4. The Bertz CT molecular complexity index is 151. The molecule has 0 bridgehead atoms. The summed E-state index contributed by atoms with van der Waals surface area (Å²) in [7, 11) is 0. The van der Waals surface area contributed by atoms with Crippen molar-refractivity contribution in [2.75, 3.05) is 26.4 Å². The van der Waals surface area contributed by atoms with Gasteiger partial charge in [0.25, 0.3) is 0 Å². The first-order chi connectivity index (χ1) is 6.66. The van der Waals surface area contributed by atoms with Crippen LogP contribution in [0.3, 0.4) is 0 Å². The van der Waals surface area contributed by atoms with Gasteiger partial charge in [0.2, 0.25) is 5.91 Å². The van der Waals surface area contributed by atoms with E-state index in [1.54, 1.807) is 6.92 Å². The van der Waals surface area contributed by atoms with E-state index in [1.807, 2.05) is 0 Å². The molecule has 0 aliphatic carbocycles. The fraction of sp³-hybridized carbons (Fsp3) is 0.889. The standard InChI is InChI=1S/C9H20N2O3/c1-8(10)7-9(13)11-3-2-5-14-6-4-12/h8,12H,2-7,10H2,1H3,(H,11,13). The van der Waals surface area contributed by atoms with E-state index in [2.05, 4.69) is 5.32 Å². The Morgan fingerprint density at radius 1 is 1.57 bits per heavy atom. The molecular weight excluding hydrogens is 184 g/mol. The maximum atomic E-state index is 11.1. The monoisotopic (exact) mass is 204 g/mol. The summed E-state index contributed by atoms with van der Waals surface area (Å²) >= 11 is 0. The molecule has 1 amide bonds. The van der Waals surface area contributed by atoms with Gasteiger partial charge in [0.05, 0.1) is 13.2 Å². The number of amides is 1. The Balaban J connectivity index is 3.15. The maximum Gasteiger partial charge on any atom is 0.221 e. The topological polar surface area (TPSA) is 84.6 Å². The number of nitrogens with two attached hydrogens (primary N) is 1. The number of carbonyl (C=O) groups is 1. The van der Waals surface area contributed by atoms with Crippen LogP contribution in [0, 0.1) is 0 Å². The van der Waals surface area contributed by atoms with Crippen LogP contribution in [-0.4, -0.2) is 43.4 Å². The van der Waals surface area contributed by atoms with Crippen LogP contribution in [0.15, 0.2) is 0 Å². The lowest BCUT2D eigenvalue weighted by atomic mass is 10.2. The first-order valence-corrected chi connectivity index (χ1v) is 4.87. The number of carbonyl (C=O) groups excluding carboxylic acids is 1. The minimum Gasteiger partial charge on any atom is -0.394 e. The highest BCUT2D eigenvalue weighted by Gasteiger charge is 2.02. The van der Waals surface area contributed by atoms with E-state index < -0.39 is 0 Å². The van der Waals surface area contributed by atoms with Crippen molar-refractivity contribution in [1.82, 2.24) is 5.32 Å². The number of hydrogen-bond donors (Lipinski definition) is 3. The first-order valence-electron chi connectivity index (χ1n) is 4.87. The molecule has 0 heterocycles. The van der Waals surface area contributed by atoms with Gasteiger partial charge in [0.1, 0.15) is 0 Å². The van der Waals surface area contributed by atoms with E-state index in [0.29, 0.717) is 26.2 Å². The van der Waals surface area contributed by atoms with Crippen LogP contribution in [0.5, 0.6) is 0 Å². The summed E-state index contributed by atoms with van der Waals surface area (Å²) in [5.41, 5.74) is 5.45. The smallest absolute Gasteiger partial charge is 0.221 e. The lowest BCUT2D eigenvalue weighted by Gasteiger charge is -2.07. The summed E-state index contributed by atoms with van der Waals surface area (Å²) in [5, 5.41) is 11.1. The molecule has 14 heavy (non-hydrogen) atoms. The number of ether oxygens (including phenoxy) is 1. The molecule has 5 nitrogen and oxygen atoms in total. The van der Waals surface area contributed by atoms with Crippen LogP contribution < -0.4 is 11.1 Å². The molecule has 1 atom stereocenters. The molecule has 5 heteroatoms. The van der Waals surface area contributed by atoms with Gasteiger partial charge < -0.3 is 20.9 Å². The fourth-order valence-corrected chi connectivity index (χ4v) is 0.933. The van der Waals surface area contributed by atoms with Crippen molar-refractivity contribution in [2.24, 2.45) is 5.73 Å². The lowest BCUT2D eigenvalue weighted by molar-refractivity contribution is -0.121. The Kier molecular flexibility index (Phi) is 8.51. The Labute approximate surface area is 84.6 Å². The molecule has 0 aromatic rings. The molecule has 0 radical (unpaired) electrons. The molecule has 1 unspecified atom stereocenters. The normalized spacial score (nSPS) is 12.5. The van der Waals surface area contributed by atoms with E-state index in [-0.39, 0.29) is 18.6 Å². The molecule has 0 fully saturated rings. The molecule has 0 rings (SSSR count). The lowest BCUT2D eigenvalue weighted by Crippen LogP contribution is -2.30. The highest BCUT2D eigenvalue weighted by atomic mass is 16.5. The number of hydrogen-bond acceptors (Lipinski definition) is 4. The van der Waals surface area contributed by atoms with Gasteiger partial charge >= 0.3 is 0 Å². The second-order valence-electron chi connectivity index (χ2n) is 3.22. The van der Waals surface area contributed by atoms with Gasteiger partial charge in [-0.15, -0.1) is 0 Å². The summed E-state index contributed by atoms with van der Waals surface area (Å²) in [6, 6.07) is -0.0966. The van der Waals surface area contributed by atoms with E-state index in [0.717, 1.165) is 6.42 Å². The van der Waals surface area contributed by atoms with Gasteiger partial charge in [0, 0.05) is 25.6 Å². The molecule has 0 saturated heterocycles. The van der Waals surface area contributed by atoms with Gasteiger partial charge in [0.15, 0.2) is 0 Å². The van der Waals surface area contributed by atoms with Crippen molar-refractivity contribution in [3.05, 3.63) is 0 Å². The third-order valence-electron chi connectivity index (χ3n) is 1.53. The third kappa shape index (κ3) is 9.44. The SMILES string of the molecule is CC(N)CC(=O)NCCCOCCO. The Morgan fingerprint density at radius 3 is 2.86 bits per heavy atom. The van der Waals surface area contributed by atoms with Crippen molar-refractivity contribution in [2.45, 2.75) is 25.8 Å². The number of rotatable bonds is 8. The second-order valence-corrected chi connectivity index (χ2v) is 3.22. The minimum absolute atomic E-state index is 0.0258. The molecule has 0 aliphatic rings. The van der Waals surface area contributed by atoms with Crippen LogP contribution in [-0.2, 0) is 9.53 Å². The zero-order chi connectivity index (χ0) is 10.8. The average Bonchev–Trinajstić information content (AvgIpc) is 2.10. The quantitative estimate of drug-likeness (QED) is 0.454. The minimum atomic E-state index is -0.0966. The molecule has 4 N–H and O–H groups in total. The van der Waals surface area contributed by atoms with E-state index in [9.17, 15) is 4.79 Å². The summed E-state index contributed by atoms with van der Waals surface area (Å²) < 4.78 is 5.02. The van der Waals surface area contributed by atoms with Crippen LogP contribution in [0.25, 0.3) is 0 Å². The van der Waals surface area contributed by atoms with Crippen molar-refractivity contribution in [3.8, 4) is 0 Å². The van der Waals surface area contributed by atoms with Crippen molar-refractivity contribution >= 4 is 5.91 Å². The number of nitrogens with one attached hydrogen (secondary N) is 1. The fourth-order valence-electron chi connectivity index (χ4n) is 0.933. The van der Waals surface area contributed by atoms with Gasteiger partial charge in [-0.05, 0) is 13.3 Å². The molecule has 84 valence electrons. The predicted octanol–water partition coefficient (Wildman–Crippen LogP) is -0.761. The molecule has 0 aromatic heterocycles. The largest absolute Gasteiger partial charge is 0.394 e. The maximum absolute atomic E-state index is 11.1. The van der Waals surface area contributed by atoms with Crippen LogP contribution in [0.4, 0.5) is 0 Å². The zero-order valence-electron chi connectivity index (χ0n) is 8.66. The Hall–Kier alpha value is -0.650. The number of aliphatic hydroxyl groups is 1. The number of aliphatic hydroxyl groups excluding tert-OH is 1. The summed E-state index contributed by atoms with van der Waals surface area (Å²) in [5.74, 6) is -0.0258. The van der Waals surface area contributed by atoms with Gasteiger partial charge in [-0.2, -0.15) is 0 Å². The molecular formula is C9H20N2O3. The van der Waals surface area contributed by atoms with Crippen molar-refractivity contribution in [3.63, 3.8) is 0 Å². The van der Waals surface area contributed by atoms with E-state index in [1.165, 1.54) is 0 Å². The average molecular weight is 204 g/mol. The van der Waals surface area contributed by atoms with Crippen LogP contribution in [0.1, 0.15) is 19.8 Å². The predicted molar refractivity (Wildman–Crippen MR) is 53.8 cm³/mol. The highest BCUT2D eigenvalue weighted by molar-refractivity contribution is 5.76. The third-order valence-corrected chi connectivity index (χ3v) is 1.53. The van der Waals surface area contributed by atoms with Gasteiger partial charge in [-0.1, -0.05) is 0 Å². The molecule has 0 spiro atoms. The second kappa shape index (κ2) is 8.93. The van der Waals surface area contributed by atoms with E-state index in [4.69, 9.17) is 15.6 Å². The molecule has 0 aliphatic heterocycles. The van der Waals surface area contributed by atoms with Crippen LogP contribution in [0.2, 0.25) is 0 Å².